The maximum Gasteiger partial charge on any atom is 0.319 e. The van der Waals surface area contributed by atoms with Crippen LogP contribution < -0.4 is 10.6 Å². The van der Waals surface area contributed by atoms with Gasteiger partial charge in [0.1, 0.15) is 0 Å². The second kappa shape index (κ2) is 8.75. The fourth-order valence-corrected chi connectivity index (χ4v) is 3.27. The highest BCUT2D eigenvalue weighted by Crippen LogP contribution is 2.26. The third kappa shape index (κ3) is 4.78. The van der Waals surface area contributed by atoms with Crippen LogP contribution in [0.4, 0.5) is 10.5 Å². The molecule has 2 atom stereocenters. The second-order valence-corrected chi connectivity index (χ2v) is 6.74. The number of amides is 2. The number of nitrogens with one attached hydrogen (secondary N) is 2. The van der Waals surface area contributed by atoms with Gasteiger partial charge in [-0.25, -0.2) is 4.79 Å². The number of benzene rings is 1. The van der Waals surface area contributed by atoms with E-state index in [4.69, 9.17) is 4.74 Å². The van der Waals surface area contributed by atoms with Gasteiger partial charge in [0.05, 0.1) is 18.4 Å². The van der Waals surface area contributed by atoms with Gasteiger partial charge in [-0.05, 0) is 54.3 Å². The van der Waals surface area contributed by atoms with Gasteiger partial charge in [-0.15, -0.1) is 5.10 Å². The number of hydrogen-bond donors (Lipinski definition) is 2. The summed E-state index contributed by atoms with van der Waals surface area (Å²) in [7, 11) is 0. The summed E-state index contributed by atoms with van der Waals surface area (Å²) in [5.41, 5.74) is 1.47. The molecular weight excluding hydrogens is 332 g/mol. The predicted molar refractivity (Wildman–Crippen MR) is 98.3 cm³/mol. The van der Waals surface area contributed by atoms with Crippen LogP contribution in [0.25, 0.3) is 5.69 Å². The Morgan fingerprint density at radius 3 is 2.96 bits per heavy atom. The van der Waals surface area contributed by atoms with Crippen molar-refractivity contribution in [2.75, 3.05) is 18.5 Å². The van der Waals surface area contributed by atoms with Crippen molar-refractivity contribution in [3.8, 4) is 5.69 Å². The Hall–Kier alpha value is -2.48. The molecule has 2 amide bonds. The Bertz CT molecular complexity index is 732. The summed E-state index contributed by atoms with van der Waals surface area (Å²) in [6.45, 7) is 5.08. The number of urea groups is 1. The van der Waals surface area contributed by atoms with Crippen LogP contribution in [-0.2, 0) is 4.74 Å². The number of aryl methyl sites for hydroxylation is 1. The number of carbonyl (C=O) groups is 1. The van der Waals surface area contributed by atoms with E-state index in [-0.39, 0.29) is 6.03 Å². The van der Waals surface area contributed by atoms with Gasteiger partial charge < -0.3 is 15.4 Å². The van der Waals surface area contributed by atoms with E-state index >= 15 is 0 Å². The zero-order valence-corrected chi connectivity index (χ0v) is 15.3. The predicted octanol–water partition coefficient (Wildman–Crippen LogP) is 2.69. The van der Waals surface area contributed by atoms with Gasteiger partial charge in [0.25, 0.3) is 0 Å². The van der Waals surface area contributed by atoms with Gasteiger partial charge in [0.15, 0.2) is 5.82 Å². The molecule has 0 saturated heterocycles. The molecule has 8 heteroatoms. The Kier molecular flexibility index (Phi) is 6.17. The molecule has 8 nitrogen and oxygen atoms in total. The average Bonchev–Trinajstić information content (AvgIpc) is 3.06. The molecule has 0 radical (unpaired) electrons. The molecule has 3 rings (SSSR count). The molecule has 2 unspecified atom stereocenters. The highest BCUT2D eigenvalue weighted by atomic mass is 16.5. The van der Waals surface area contributed by atoms with Gasteiger partial charge in [0, 0.05) is 12.2 Å². The standard InChI is InChI=1S/C18H26N6O2/c1-13-6-3-4-9-17(13)26-11-10-19-18(25)20-15-7-5-8-16(12-15)24-14(2)21-22-23-24/h5,7-8,12-13,17H,3-4,6,9-11H2,1-2H3,(H2,19,20,25). The smallest absolute Gasteiger partial charge is 0.319 e. The molecule has 1 fully saturated rings. The van der Waals surface area contributed by atoms with E-state index in [0.29, 0.717) is 36.7 Å². The lowest BCUT2D eigenvalue weighted by molar-refractivity contribution is -0.00232. The van der Waals surface area contributed by atoms with Crippen LogP contribution in [0, 0.1) is 12.8 Å². The SMILES string of the molecule is Cc1nnnn1-c1cccc(NC(=O)NCCOC2CCCCC2C)c1. The first-order valence-corrected chi connectivity index (χ1v) is 9.15. The number of rotatable bonds is 6. The number of tetrazole rings is 1. The molecule has 2 aromatic rings. The second-order valence-electron chi connectivity index (χ2n) is 6.74. The van der Waals surface area contributed by atoms with E-state index in [1.807, 2.05) is 31.2 Å². The van der Waals surface area contributed by atoms with E-state index in [1.54, 1.807) is 4.68 Å². The number of nitrogens with zero attached hydrogens (tertiary/aromatic N) is 4. The quantitative estimate of drug-likeness (QED) is 0.774. The lowest BCUT2D eigenvalue weighted by Crippen LogP contribution is -2.34. The molecule has 1 heterocycles. The van der Waals surface area contributed by atoms with Crippen molar-refractivity contribution in [2.45, 2.75) is 45.6 Å². The highest BCUT2D eigenvalue weighted by Gasteiger charge is 2.21. The Morgan fingerprint density at radius 2 is 2.19 bits per heavy atom. The van der Waals surface area contributed by atoms with E-state index in [2.05, 4.69) is 33.1 Å². The molecule has 1 saturated carbocycles. The van der Waals surface area contributed by atoms with Gasteiger partial charge in [-0.2, -0.15) is 4.68 Å². The highest BCUT2D eigenvalue weighted by molar-refractivity contribution is 5.89. The van der Waals surface area contributed by atoms with Gasteiger partial charge in [-0.1, -0.05) is 25.8 Å². The van der Waals surface area contributed by atoms with Crippen molar-refractivity contribution in [2.24, 2.45) is 5.92 Å². The van der Waals surface area contributed by atoms with Crippen LogP contribution in [0.15, 0.2) is 24.3 Å². The zero-order valence-electron chi connectivity index (χ0n) is 15.3. The number of carbonyl (C=O) groups excluding carboxylic acids is 1. The summed E-state index contributed by atoms with van der Waals surface area (Å²) >= 11 is 0. The van der Waals surface area contributed by atoms with E-state index in [1.165, 1.54) is 19.3 Å². The molecule has 1 aliphatic carbocycles. The molecule has 0 spiro atoms. The normalized spacial score (nSPS) is 19.9. The Labute approximate surface area is 153 Å². The van der Waals surface area contributed by atoms with Gasteiger partial charge in [-0.3, -0.25) is 0 Å². The topological polar surface area (TPSA) is 94.0 Å². The summed E-state index contributed by atoms with van der Waals surface area (Å²) in [5, 5.41) is 17.1. The van der Waals surface area contributed by atoms with Crippen molar-refractivity contribution >= 4 is 11.7 Å². The molecule has 1 aromatic carbocycles. The van der Waals surface area contributed by atoms with Crippen molar-refractivity contribution in [3.05, 3.63) is 30.1 Å². The number of hydrogen-bond acceptors (Lipinski definition) is 5. The van der Waals surface area contributed by atoms with Crippen molar-refractivity contribution in [1.29, 1.82) is 0 Å². The number of anilines is 1. The third-order valence-corrected chi connectivity index (χ3v) is 4.73. The average molecular weight is 358 g/mol. The summed E-state index contributed by atoms with van der Waals surface area (Å²) in [6, 6.07) is 7.12. The lowest BCUT2D eigenvalue weighted by Gasteiger charge is -2.28. The molecule has 140 valence electrons. The first kappa shape index (κ1) is 18.3. The van der Waals surface area contributed by atoms with Crippen LogP contribution in [0.1, 0.15) is 38.4 Å². The Balaban J connectivity index is 1.44. The van der Waals surface area contributed by atoms with Crippen LogP contribution in [0.2, 0.25) is 0 Å². The van der Waals surface area contributed by atoms with Crippen LogP contribution in [0.3, 0.4) is 0 Å². The minimum atomic E-state index is -0.254. The third-order valence-electron chi connectivity index (χ3n) is 4.73. The minimum Gasteiger partial charge on any atom is -0.376 e. The number of aromatic nitrogens is 4. The first-order chi connectivity index (χ1) is 12.6. The zero-order chi connectivity index (χ0) is 18.4. The van der Waals surface area contributed by atoms with E-state index < -0.39 is 0 Å². The van der Waals surface area contributed by atoms with Gasteiger partial charge in [0.2, 0.25) is 0 Å². The fourth-order valence-electron chi connectivity index (χ4n) is 3.27. The maximum atomic E-state index is 12.1. The van der Waals surface area contributed by atoms with Crippen molar-refractivity contribution < 1.29 is 9.53 Å². The molecule has 2 N–H and O–H groups in total. The molecule has 1 aliphatic rings. The monoisotopic (exact) mass is 358 g/mol. The fraction of sp³-hybridized carbons (Fsp3) is 0.556. The Morgan fingerprint density at radius 1 is 1.35 bits per heavy atom. The van der Waals surface area contributed by atoms with Crippen molar-refractivity contribution in [3.63, 3.8) is 0 Å². The summed E-state index contributed by atoms with van der Waals surface area (Å²) in [6.07, 6.45) is 5.21. The largest absolute Gasteiger partial charge is 0.376 e. The summed E-state index contributed by atoms with van der Waals surface area (Å²) in [5.74, 6) is 1.29. The van der Waals surface area contributed by atoms with Gasteiger partial charge >= 0.3 is 6.03 Å². The molecule has 0 aliphatic heterocycles. The number of ether oxygens (including phenoxy) is 1. The minimum absolute atomic E-state index is 0.254. The van der Waals surface area contributed by atoms with E-state index in [9.17, 15) is 4.79 Å². The summed E-state index contributed by atoms with van der Waals surface area (Å²) < 4.78 is 7.52. The van der Waals surface area contributed by atoms with E-state index in [0.717, 1.165) is 12.1 Å². The lowest BCUT2D eigenvalue weighted by atomic mass is 9.88. The molecule has 0 bridgehead atoms. The van der Waals surface area contributed by atoms with Crippen LogP contribution >= 0.6 is 0 Å². The van der Waals surface area contributed by atoms with Crippen LogP contribution in [0.5, 0.6) is 0 Å². The summed E-state index contributed by atoms with van der Waals surface area (Å²) in [4.78, 5) is 12.1. The maximum absolute atomic E-state index is 12.1. The molecule has 1 aromatic heterocycles. The van der Waals surface area contributed by atoms with Crippen LogP contribution in [-0.4, -0.2) is 45.5 Å². The van der Waals surface area contributed by atoms with Crippen molar-refractivity contribution in [1.82, 2.24) is 25.5 Å². The molecular formula is C18H26N6O2. The first-order valence-electron chi connectivity index (χ1n) is 9.15. The molecule has 26 heavy (non-hydrogen) atoms.